The molecule has 0 aliphatic rings. The molecule has 0 aromatic carbocycles. The number of nitrogen functional groups attached to an aromatic ring is 1. The quantitative estimate of drug-likeness (QED) is 0.801. The number of nitrogens with zero attached hydrogens (tertiary/aromatic N) is 2. The van der Waals surface area contributed by atoms with Crippen molar-refractivity contribution in [2.75, 3.05) is 19.4 Å². The first kappa shape index (κ1) is 13.4. The van der Waals surface area contributed by atoms with Gasteiger partial charge in [-0.25, -0.2) is 13.4 Å². The Morgan fingerprint density at radius 2 is 2.19 bits per heavy atom. The average Bonchev–Trinajstić information content (AvgIpc) is 2.56. The van der Waals surface area contributed by atoms with Crippen molar-refractivity contribution in [1.29, 1.82) is 0 Å². The second-order valence-corrected chi connectivity index (χ2v) is 6.70. The highest BCUT2D eigenvalue weighted by Gasteiger charge is 2.29. The lowest BCUT2D eigenvalue weighted by Gasteiger charge is -2.21. The van der Waals surface area contributed by atoms with Gasteiger partial charge in [0.25, 0.3) is 10.0 Å². The summed E-state index contributed by atoms with van der Waals surface area (Å²) in [5.41, 5.74) is 5.85. The molecular weight excluding hydrogens is 250 g/mol. The van der Waals surface area contributed by atoms with Crippen LogP contribution in [-0.2, 0) is 10.0 Å². The molecule has 0 aliphatic carbocycles. The van der Waals surface area contributed by atoms with Crippen LogP contribution in [0.4, 0.5) is 5.13 Å². The van der Waals surface area contributed by atoms with Crippen molar-refractivity contribution in [3.05, 3.63) is 5.69 Å². The van der Waals surface area contributed by atoms with Gasteiger partial charge in [-0.05, 0) is 13.8 Å². The number of anilines is 1. The van der Waals surface area contributed by atoms with E-state index >= 15 is 0 Å². The van der Waals surface area contributed by atoms with Crippen LogP contribution < -0.4 is 5.73 Å². The minimum atomic E-state index is -3.61. The summed E-state index contributed by atoms with van der Waals surface area (Å²) in [5.74, 6) is 0. The van der Waals surface area contributed by atoms with Gasteiger partial charge in [-0.1, -0.05) is 11.3 Å². The van der Waals surface area contributed by atoms with Crippen molar-refractivity contribution in [2.45, 2.75) is 24.1 Å². The lowest BCUT2D eigenvalue weighted by Crippen LogP contribution is -2.37. The largest absolute Gasteiger partial charge is 0.395 e. The van der Waals surface area contributed by atoms with E-state index in [0.29, 0.717) is 5.69 Å². The van der Waals surface area contributed by atoms with Crippen LogP contribution in [0.3, 0.4) is 0 Å². The topological polar surface area (TPSA) is 96.5 Å². The standard InChI is InChI=1S/C8H15N3O3S2/c1-5(4-12)11(3)16(13,14)7-6(2)10-8(9)15-7/h5,12H,4H2,1-3H3,(H2,9,10). The van der Waals surface area contributed by atoms with E-state index in [1.54, 1.807) is 13.8 Å². The van der Waals surface area contributed by atoms with Crippen LogP contribution in [-0.4, -0.2) is 42.5 Å². The maximum absolute atomic E-state index is 12.1. The summed E-state index contributed by atoms with van der Waals surface area (Å²) in [4.78, 5) is 3.87. The van der Waals surface area contributed by atoms with Gasteiger partial charge in [-0.15, -0.1) is 0 Å². The maximum Gasteiger partial charge on any atom is 0.254 e. The third-order valence-corrected chi connectivity index (χ3v) is 5.81. The fourth-order valence-corrected chi connectivity index (χ4v) is 3.94. The molecule has 0 spiro atoms. The van der Waals surface area contributed by atoms with Gasteiger partial charge >= 0.3 is 0 Å². The van der Waals surface area contributed by atoms with Crippen molar-refractivity contribution in [3.63, 3.8) is 0 Å². The first-order valence-electron chi connectivity index (χ1n) is 4.62. The Balaban J connectivity index is 3.17. The zero-order valence-electron chi connectivity index (χ0n) is 9.34. The lowest BCUT2D eigenvalue weighted by atomic mass is 10.4. The fraction of sp³-hybridized carbons (Fsp3) is 0.625. The Hall–Kier alpha value is -0.700. The SMILES string of the molecule is Cc1nc(N)sc1S(=O)(=O)N(C)C(C)CO. The van der Waals surface area contributed by atoms with Gasteiger partial charge in [0.05, 0.1) is 12.3 Å². The third-order valence-electron chi connectivity index (χ3n) is 2.27. The van der Waals surface area contributed by atoms with Crippen LogP contribution in [0.15, 0.2) is 4.21 Å². The third kappa shape index (κ3) is 2.34. The minimum Gasteiger partial charge on any atom is -0.395 e. The van der Waals surface area contributed by atoms with Crippen LogP contribution in [0.25, 0.3) is 0 Å². The first-order chi connectivity index (χ1) is 7.30. The number of aromatic nitrogens is 1. The number of thiazole rings is 1. The average molecular weight is 265 g/mol. The van der Waals surface area contributed by atoms with Crippen LogP contribution in [0.2, 0.25) is 0 Å². The van der Waals surface area contributed by atoms with E-state index in [4.69, 9.17) is 10.8 Å². The number of rotatable bonds is 4. The molecule has 6 nitrogen and oxygen atoms in total. The number of aliphatic hydroxyl groups is 1. The molecular formula is C8H15N3O3S2. The number of aryl methyl sites for hydroxylation is 1. The van der Waals surface area contributed by atoms with E-state index in [1.165, 1.54) is 7.05 Å². The van der Waals surface area contributed by atoms with E-state index in [1.807, 2.05) is 0 Å². The molecule has 1 aromatic rings. The number of sulfonamides is 1. The molecule has 0 amide bonds. The van der Waals surface area contributed by atoms with Crippen molar-refractivity contribution in [2.24, 2.45) is 0 Å². The second-order valence-electron chi connectivity index (χ2n) is 3.48. The summed E-state index contributed by atoms with van der Waals surface area (Å²) in [5, 5.41) is 9.17. The number of aliphatic hydroxyl groups excluding tert-OH is 1. The molecule has 1 aromatic heterocycles. The Kier molecular flexibility index (Phi) is 3.89. The zero-order valence-corrected chi connectivity index (χ0v) is 11.0. The molecule has 0 fully saturated rings. The number of nitrogens with two attached hydrogens (primary N) is 1. The summed E-state index contributed by atoms with van der Waals surface area (Å²) in [6.07, 6.45) is 0. The van der Waals surface area contributed by atoms with Gasteiger partial charge in [-0.2, -0.15) is 4.31 Å². The van der Waals surface area contributed by atoms with E-state index < -0.39 is 16.1 Å². The van der Waals surface area contributed by atoms with Crippen LogP contribution in [0.5, 0.6) is 0 Å². The van der Waals surface area contributed by atoms with Crippen molar-refractivity contribution in [1.82, 2.24) is 9.29 Å². The van der Waals surface area contributed by atoms with Crippen molar-refractivity contribution in [3.8, 4) is 0 Å². The molecule has 0 bridgehead atoms. The number of hydrogen-bond donors (Lipinski definition) is 2. The first-order valence-corrected chi connectivity index (χ1v) is 6.88. The summed E-state index contributed by atoms with van der Waals surface area (Å²) in [6, 6.07) is -0.479. The number of hydrogen-bond acceptors (Lipinski definition) is 6. The molecule has 1 atom stereocenters. The van der Waals surface area contributed by atoms with Crippen molar-refractivity contribution < 1.29 is 13.5 Å². The Morgan fingerprint density at radius 1 is 1.62 bits per heavy atom. The Bertz CT molecular complexity index is 469. The molecule has 0 saturated heterocycles. The second kappa shape index (κ2) is 4.66. The normalized spacial score (nSPS) is 14.3. The van der Waals surface area contributed by atoms with Gasteiger partial charge < -0.3 is 10.8 Å². The molecule has 0 aliphatic heterocycles. The minimum absolute atomic E-state index is 0.132. The zero-order chi connectivity index (χ0) is 12.5. The Morgan fingerprint density at radius 3 is 2.56 bits per heavy atom. The predicted octanol–water partition coefficient (Wildman–Crippen LogP) is 0.0350. The van der Waals surface area contributed by atoms with Crippen LogP contribution in [0.1, 0.15) is 12.6 Å². The van der Waals surface area contributed by atoms with Crippen LogP contribution >= 0.6 is 11.3 Å². The fourth-order valence-electron chi connectivity index (χ4n) is 1.12. The van der Waals surface area contributed by atoms with Crippen LogP contribution in [0, 0.1) is 6.92 Å². The lowest BCUT2D eigenvalue weighted by molar-refractivity contribution is 0.214. The summed E-state index contributed by atoms with van der Waals surface area (Å²) >= 11 is 0.933. The highest BCUT2D eigenvalue weighted by Crippen LogP contribution is 2.28. The maximum atomic E-state index is 12.1. The van der Waals surface area contributed by atoms with E-state index in [0.717, 1.165) is 15.6 Å². The highest BCUT2D eigenvalue weighted by molar-refractivity contribution is 7.91. The highest BCUT2D eigenvalue weighted by atomic mass is 32.2. The van der Waals surface area contributed by atoms with E-state index in [-0.39, 0.29) is 15.9 Å². The molecule has 1 rings (SSSR count). The van der Waals surface area contributed by atoms with Crippen molar-refractivity contribution >= 4 is 26.5 Å². The predicted molar refractivity (Wildman–Crippen MR) is 62.8 cm³/mol. The molecule has 16 heavy (non-hydrogen) atoms. The molecule has 0 saturated carbocycles. The molecule has 92 valence electrons. The van der Waals surface area contributed by atoms with Gasteiger partial charge in [0, 0.05) is 13.1 Å². The summed E-state index contributed by atoms with van der Waals surface area (Å²) in [7, 11) is -2.19. The van der Waals surface area contributed by atoms with E-state index in [9.17, 15) is 8.42 Å². The smallest absolute Gasteiger partial charge is 0.254 e. The molecule has 0 radical (unpaired) electrons. The molecule has 3 N–H and O–H groups in total. The molecule has 1 unspecified atom stereocenters. The van der Waals surface area contributed by atoms with E-state index in [2.05, 4.69) is 4.98 Å². The number of likely N-dealkylation sites (N-methyl/N-ethyl adjacent to an activating group) is 1. The monoisotopic (exact) mass is 265 g/mol. The molecule has 1 heterocycles. The van der Waals surface area contributed by atoms with Gasteiger partial charge in [0.1, 0.15) is 0 Å². The van der Waals surface area contributed by atoms with Gasteiger partial charge in [0.15, 0.2) is 9.34 Å². The van der Waals surface area contributed by atoms with Gasteiger partial charge in [0.2, 0.25) is 0 Å². The van der Waals surface area contributed by atoms with Gasteiger partial charge in [-0.3, -0.25) is 0 Å². The summed E-state index contributed by atoms with van der Waals surface area (Å²) in [6.45, 7) is 2.98. The molecule has 8 heteroatoms. The Labute approximate surface area is 98.8 Å². The summed E-state index contributed by atoms with van der Waals surface area (Å²) < 4.78 is 25.4.